The topological polar surface area (TPSA) is 157 Å². The van der Waals surface area contributed by atoms with Crippen LogP contribution in [0.1, 0.15) is 25.3 Å². The molecular weight excluding hydrogens is 502 g/mol. The van der Waals surface area contributed by atoms with Crippen molar-refractivity contribution in [1.82, 2.24) is 19.4 Å². The van der Waals surface area contributed by atoms with Crippen LogP contribution in [0.5, 0.6) is 5.75 Å². The molecule has 12 nitrogen and oxygen atoms in total. The zero-order valence-corrected chi connectivity index (χ0v) is 22.1. The van der Waals surface area contributed by atoms with Crippen molar-refractivity contribution >= 4 is 34.8 Å². The Balaban J connectivity index is 1.50. The van der Waals surface area contributed by atoms with Gasteiger partial charge in [0.25, 0.3) is 0 Å². The van der Waals surface area contributed by atoms with Gasteiger partial charge in [-0.1, -0.05) is 19.1 Å². The highest BCUT2D eigenvalue weighted by Crippen LogP contribution is 2.30. The number of amides is 1. The summed E-state index contributed by atoms with van der Waals surface area (Å²) in [6.45, 7) is 3.22. The van der Waals surface area contributed by atoms with E-state index in [9.17, 15) is 14.4 Å². The van der Waals surface area contributed by atoms with E-state index < -0.39 is 18.1 Å². The first-order chi connectivity index (χ1) is 18.7. The summed E-state index contributed by atoms with van der Waals surface area (Å²) in [5, 5.41) is 9.58. The number of carbonyl (C=O) groups is 3. The van der Waals surface area contributed by atoms with E-state index in [2.05, 4.69) is 21.6 Å². The lowest BCUT2D eigenvalue weighted by molar-refractivity contribution is -0.142. The van der Waals surface area contributed by atoms with Crippen molar-refractivity contribution in [3.63, 3.8) is 0 Å². The quantitative estimate of drug-likeness (QED) is 0.446. The van der Waals surface area contributed by atoms with Crippen molar-refractivity contribution in [3.05, 3.63) is 48.4 Å². The minimum atomic E-state index is -0.778. The largest absolute Gasteiger partial charge is 0.468 e. The molecule has 3 atom stereocenters. The molecule has 1 fully saturated rings. The molecule has 1 aliphatic rings. The minimum Gasteiger partial charge on any atom is -0.468 e. The number of methoxy groups -OCH3 is 1. The Labute approximate surface area is 225 Å². The molecule has 0 radical (unpaired) electrons. The number of aromatic nitrogens is 3. The number of piperidine rings is 1. The molecule has 0 unspecified atom stereocenters. The summed E-state index contributed by atoms with van der Waals surface area (Å²) >= 11 is 0. The lowest BCUT2D eigenvalue weighted by Gasteiger charge is -2.42. The maximum atomic E-state index is 13.0. The van der Waals surface area contributed by atoms with Crippen LogP contribution in [0.4, 0.5) is 10.6 Å². The fourth-order valence-electron chi connectivity index (χ4n) is 4.81. The zero-order valence-electron chi connectivity index (χ0n) is 22.1. The molecule has 1 aliphatic heterocycles. The number of nitrogens with zero attached hydrogens (tertiary/aromatic N) is 6. The van der Waals surface area contributed by atoms with Gasteiger partial charge in [0.05, 0.1) is 24.6 Å². The highest BCUT2D eigenvalue weighted by Gasteiger charge is 2.33. The number of nitriles is 1. The van der Waals surface area contributed by atoms with Crippen LogP contribution in [0.15, 0.2) is 42.9 Å². The smallest absolute Gasteiger partial charge is 0.425 e. The Bertz CT molecular complexity index is 1400. The van der Waals surface area contributed by atoms with Crippen molar-refractivity contribution in [3.8, 4) is 11.8 Å². The second kappa shape index (κ2) is 11.9. The van der Waals surface area contributed by atoms with Crippen LogP contribution in [0.2, 0.25) is 0 Å². The van der Waals surface area contributed by atoms with E-state index in [1.807, 2.05) is 18.0 Å². The predicted molar refractivity (Wildman–Crippen MR) is 142 cm³/mol. The number of esters is 1. The third kappa shape index (κ3) is 5.99. The van der Waals surface area contributed by atoms with E-state index in [0.717, 1.165) is 12.0 Å². The van der Waals surface area contributed by atoms with Crippen LogP contribution in [-0.4, -0.2) is 76.7 Å². The van der Waals surface area contributed by atoms with Crippen LogP contribution in [0.3, 0.4) is 0 Å². The fourth-order valence-corrected chi connectivity index (χ4v) is 4.81. The highest BCUT2D eigenvalue weighted by atomic mass is 16.6. The van der Waals surface area contributed by atoms with E-state index in [1.54, 1.807) is 41.4 Å². The monoisotopic (exact) mass is 533 g/mol. The summed E-state index contributed by atoms with van der Waals surface area (Å²) in [4.78, 5) is 49.4. The molecule has 204 valence electrons. The minimum absolute atomic E-state index is 0.0272. The van der Waals surface area contributed by atoms with E-state index >= 15 is 0 Å². The number of likely N-dealkylation sites (N-methyl/N-ethyl adjacent to an activating group) is 1. The standard InChI is InChI=1S/C27H31N7O5/c1-17-9-12-33(23(35)8-11-28)15-22(17)32(2)24-20-10-13-34(25(20)31-16-30-24)27(37)39-19-6-4-18(5-7-19)14-21(29)26(36)38-3/h4-7,10,13,16-17,21-22H,8-9,12,14-15,29H2,1-3H3/t17-,21+,22+/m1/s1. The molecule has 0 spiro atoms. The van der Waals surface area contributed by atoms with Crippen LogP contribution >= 0.6 is 0 Å². The number of hydrogen-bond donors (Lipinski definition) is 1. The highest BCUT2D eigenvalue weighted by molar-refractivity contribution is 5.94. The SMILES string of the molecule is COC(=O)[C@@H](N)Cc1ccc(OC(=O)n2ccc3c(N(C)[C@H]4CN(C(=O)CC#N)CC[C@H]4C)ncnc32)cc1. The molecule has 1 amide bonds. The molecule has 1 saturated heterocycles. The van der Waals surface area contributed by atoms with Gasteiger partial charge in [0.2, 0.25) is 5.91 Å². The summed E-state index contributed by atoms with van der Waals surface area (Å²) < 4.78 is 11.5. The Morgan fingerprint density at radius 3 is 2.67 bits per heavy atom. The van der Waals surface area contributed by atoms with Gasteiger partial charge in [-0.05, 0) is 42.5 Å². The normalized spacial score (nSPS) is 17.8. The Kier molecular flexibility index (Phi) is 8.41. The summed E-state index contributed by atoms with van der Waals surface area (Å²) in [5.74, 6) is 0.554. The number of benzene rings is 1. The van der Waals surface area contributed by atoms with Gasteiger partial charge < -0.3 is 25.0 Å². The van der Waals surface area contributed by atoms with E-state index in [-0.39, 0.29) is 24.3 Å². The van der Waals surface area contributed by atoms with E-state index in [4.69, 9.17) is 15.7 Å². The number of anilines is 1. The number of carbonyl (C=O) groups excluding carboxylic acids is 3. The van der Waals surface area contributed by atoms with Gasteiger partial charge in [-0.3, -0.25) is 9.59 Å². The van der Waals surface area contributed by atoms with Crippen LogP contribution < -0.4 is 15.4 Å². The molecule has 2 N–H and O–H groups in total. The maximum Gasteiger partial charge on any atom is 0.425 e. The summed E-state index contributed by atoms with van der Waals surface area (Å²) in [7, 11) is 3.19. The molecule has 12 heteroatoms. The Hall–Kier alpha value is -4.50. The third-order valence-corrected chi connectivity index (χ3v) is 7.08. The average molecular weight is 534 g/mol. The van der Waals surface area contributed by atoms with Gasteiger partial charge in [0.15, 0.2) is 5.65 Å². The third-order valence-electron chi connectivity index (χ3n) is 7.08. The fraction of sp³-hybridized carbons (Fsp3) is 0.407. The molecule has 0 aliphatic carbocycles. The molecule has 2 aromatic heterocycles. The summed E-state index contributed by atoms with van der Waals surface area (Å²) in [6, 6.07) is 9.58. The lowest BCUT2D eigenvalue weighted by Crippen LogP contribution is -2.52. The van der Waals surface area contributed by atoms with E-state index in [0.29, 0.717) is 42.1 Å². The molecule has 3 aromatic rings. The first kappa shape index (κ1) is 27.5. The molecular formula is C27H31N7O5. The molecule has 39 heavy (non-hydrogen) atoms. The van der Waals surface area contributed by atoms with Gasteiger partial charge in [-0.15, -0.1) is 0 Å². The number of rotatable bonds is 7. The zero-order chi connectivity index (χ0) is 28.1. The predicted octanol–water partition coefficient (Wildman–Crippen LogP) is 2.11. The van der Waals surface area contributed by atoms with Crippen molar-refractivity contribution in [2.75, 3.05) is 32.1 Å². The first-order valence-corrected chi connectivity index (χ1v) is 12.6. The van der Waals surface area contributed by atoms with Gasteiger partial charge >= 0.3 is 12.1 Å². The molecule has 4 rings (SSSR count). The number of ether oxygens (including phenoxy) is 2. The van der Waals surface area contributed by atoms with Gasteiger partial charge in [-0.25, -0.2) is 19.3 Å². The number of nitrogens with two attached hydrogens (primary N) is 1. The van der Waals surface area contributed by atoms with Gasteiger partial charge in [0, 0.05) is 26.3 Å². The average Bonchev–Trinajstić information content (AvgIpc) is 3.38. The first-order valence-electron chi connectivity index (χ1n) is 12.6. The van der Waals surface area contributed by atoms with Gasteiger partial charge in [0.1, 0.15) is 30.4 Å². The molecule has 0 saturated carbocycles. The van der Waals surface area contributed by atoms with Crippen LogP contribution in [0, 0.1) is 17.2 Å². The van der Waals surface area contributed by atoms with Crippen LogP contribution in [-0.2, 0) is 20.7 Å². The second-order valence-corrected chi connectivity index (χ2v) is 9.58. The molecule has 0 bridgehead atoms. The second-order valence-electron chi connectivity index (χ2n) is 9.58. The summed E-state index contributed by atoms with van der Waals surface area (Å²) in [6.07, 6.45) is 3.29. The van der Waals surface area contributed by atoms with Crippen molar-refractivity contribution < 1.29 is 23.9 Å². The maximum absolute atomic E-state index is 13.0. The Morgan fingerprint density at radius 1 is 1.23 bits per heavy atom. The van der Waals surface area contributed by atoms with E-state index in [1.165, 1.54) is 18.0 Å². The number of fused-ring (bicyclic) bond motifs is 1. The van der Waals surface area contributed by atoms with Crippen molar-refractivity contribution in [2.45, 2.75) is 38.3 Å². The Morgan fingerprint density at radius 2 is 1.97 bits per heavy atom. The van der Waals surface area contributed by atoms with Gasteiger partial charge in [-0.2, -0.15) is 5.26 Å². The van der Waals surface area contributed by atoms with Crippen molar-refractivity contribution in [1.29, 1.82) is 5.26 Å². The molecule has 3 heterocycles. The number of likely N-dealkylation sites (tertiary alicyclic amines) is 1. The number of hydrogen-bond acceptors (Lipinski definition) is 10. The molecule has 1 aromatic carbocycles. The van der Waals surface area contributed by atoms with Crippen LogP contribution in [0.25, 0.3) is 11.0 Å². The van der Waals surface area contributed by atoms with Crippen molar-refractivity contribution in [2.24, 2.45) is 11.7 Å². The summed E-state index contributed by atoms with van der Waals surface area (Å²) in [5.41, 5.74) is 6.99. The lowest BCUT2D eigenvalue weighted by atomic mass is 9.92.